The standard InChI is InChI=1S/C26H29NO3S2/c1-20-12-15-24(16-13-20)32(28,29)27-25-17-14-22(30-19-21-8-4-2-5-9-21)18-26(25)31-23-10-6-3-7-11-23/h2-13,15-16,22,25-27H,14,17-19H2,1H3/t22-,25+,26+/m0/s1. The van der Waals surface area contributed by atoms with E-state index in [1.807, 2.05) is 55.5 Å². The van der Waals surface area contributed by atoms with Gasteiger partial charge in [0.25, 0.3) is 0 Å². The van der Waals surface area contributed by atoms with E-state index in [0.29, 0.717) is 11.5 Å². The van der Waals surface area contributed by atoms with Crippen molar-refractivity contribution in [2.24, 2.45) is 0 Å². The molecule has 3 aromatic carbocycles. The molecule has 0 unspecified atom stereocenters. The van der Waals surface area contributed by atoms with Crippen LogP contribution in [0.4, 0.5) is 0 Å². The summed E-state index contributed by atoms with van der Waals surface area (Å²) in [6.45, 7) is 2.53. The molecule has 1 saturated carbocycles. The van der Waals surface area contributed by atoms with E-state index in [9.17, 15) is 8.42 Å². The summed E-state index contributed by atoms with van der Waals surface area (Å²) in [6.07, 6.45) is 2.49. The topological polar surface area (TPSA) is 55.4 Å². The largest absolute Gasteiger partial charge is 0.374 e. The van der Waals surface area contributed by atoms with E-state index in [2.05, 4.69) is 29.0 Å². The van der Waals surface area contributed by atoms with Crippen LogP contribution in [0.2, 0.25) is 0 Å². The van der Waals surface area contributed by atoms with Gasteiger partial charge in [0.2, 0.25) is 10.0 Å². The van der Waals surface area contributed by atoms with E-state index in [1.165, 1.54) is 0 Å². The fraction of sp³-hybridized carbons (Fsp3) is 0.308. The molecule has 0 radical (unpaired) electrons. The number of hydrogen-bond donors (Lipinski definition) is 1. The van der Waals surface area contributed by atoms with E-state index < -0.39 is 10.0 Å². The van der Waals surface area contributed by atoms with E-state index >= 15 is 0 Å². The Hall–Kier alpha value is -2.12. The molecule has 3 atom stereocenters. The number of hydrogen-bond acceptors (Lipinski definition) is 4. The van der Waals surface area contributed by atoms with E-state index in [4.69, 9.17) is 4.74 Å². The highest BCUT2D eigenvalue weighted by molar-refractivity contribution is 8.00. The second-order valence-electron chi connectivity index (χ2n) is 8.24. The van der Waals surface area contributed by atoms with Crippen LogP contribution in [-0.2, 0) is 21.4 Å². The molecule has 0 bridgehead atoms. The van der Waals surface area contributed by atoms with Crippen molar-refractivity contribution in [3.63, 3.8) is 0 Å². The third-order valence-electron chi connectivity index (χ3n) is 5.74. The zero-order valence-corrected chi connectivity index (χ0v) is 19.8. The van der Waals surface area contributed by atoms with Crippen LogP contribution in [0.15, 0.2) is 94.7 Å². The lowest BCUT2D eigenvalue weighted by Gasteiger charge is -2.36. The number of sulfonamides is 1. The van der Waals surface area contributed by atoms with Crippen molar-refractivity contribution < 1.29 is 13.2 Å². The molecule has 32 heavy (non-hydrogen) atoms. The smallest absolute Gasteiger partial charge is 0.240 e. The molecule has 4 rings (SSSR count). The first-order valence-electron chi connectivity index (χ1n) is 11.0. The molecule has 3 aromatic rings. The first-order valence-corrected chi connectivity index (χ1v) is 13.3. The Morgan fingerprint density at radius 3 is 2.25 bits per heavy atom. The van der Waals surface area contributed by atoms with Crippen LogP contribution in [0.5, 0.6) is 0 Å². The van der Waals surface area contributed by atoms with Crippen molar-refractivity contribution in [1.29, 1.82) is 0 Å². The fourth-order valence-corrected chi connectivity index (χ4v) is 6.70. The highest BCUT2D eigenvalue weighted by atomic mass is 32.2. The molecule has 1 N–H and O–H groups in total. The lowest BCUT2D eigenvalue weighted by molar-refractivity contribution is 0.0146. The van der Waals surface area contributed by atoms with Gasteiger partial charge < -0.3 is 4.74 Å². The van der Waals surface area contributed by atoms with Crippen LogP contribution in [0.1, 0.15) is 30.4 Å². The molecule has 0 aliphatic heterocycles. The SMILES string of the molecule is Cc1ccc(S(=O)(=O)N[C@@H]2CC[C@H](OCc3ccccc3)C[C@H]2Sc2ccccc2)cc1. The highest BCUT2D eigenvalue weighted by Gasteiger charge is 2.34. The van der Waals surface area contributed by atoms with Crippen molar-refractivity contribution in [2.45, 2.75) is 60.0 Å². The summed E-state index contributed by atoms with van der Waals surface area (Å²) < 4.78 is 35.3. The van der Waals surface area contributed by atoms with Crippen LogP contribution in [0, 0.1) is 6.92 Å². The van der Waals surface area contributed by atoms with Gasteiger partial charge >= 0.3 is 0 Å². The third-order valence-corrected chi connectivity index (χ3v) is 8.61. The predicted molar refractivity (Wildman–Crippen MR) is 130 cm³/mol. The van der Waals surface area contributed by atoms with Crippen LogP contribution >= 0.6 is 11.8 Å². The number of rotatable bonds is 8. The molecular formula is C26H29NO3S2. The summed E-state index contributed by atoms with van der Waals surface area (Å²) in [5.74, 6) is 0. The summed E-state index contributed by atoms with van der Waals surface area (Å²) >= 11 is 1.73. The predicted octanol–water partition coefficient (Wildman–Crippen LogP) is 5.57. The minimum absolute atomic E-state index is 0.0900. The average molecular weight is 468 g/mol. The molecule has 1 aliphatic rings. The number of ether oxygens (including phenoxy) is 1. The number of aryl methyl sites for hydroxylation is 1. The van der Waals surface area contributed by atoms with Crippen molar-refractivity contribution in [1.82, 2.24) is 4.72 Å². The van der Waals surface area contributed by atoms with Gasteiger partial charge in [-0.15, -0.1) is 11.8 Å². The van der Waals surface area contributed by atoms with Crippen LogP contribution in [0.25, 0.3) is 0 Å². The fourth-order valence-electron chi connectivity index (χ4n) is 3.96. The molecular weight excluding hydrogens is 438 g/mol. The second kappa shape index (κ2) is 10.7. The molecule has 1 aliphatic carbocycles. The Labute approximate surface area is 195 Å². The zero-order chi connectivity index (χ0) is 22.4. The van der Waals surface area contributed by atoms with Gasteiger partial charge in [0, 0.05) is 16.2 Å². The Morgan fingerprint density at radius 2 is 1.56 bits per heavy atom. The maximum absolute atomic E-state index is 13.1. The summed E-state index contributed by atoms with van der Waals surface area (Å²) in [6, 6.07) is 27.2. The molecule has 0 saturated heterocycles. The van der Waals surface area contributed by atoms with Crippen molar-refractivity contribution >= 4 is 21.8 Å². The van der Waals surface area contributed by atoms with Crippen molar-refractivity contribution in [2.75, 3.05) is 0 Å². The summed E-state index contributed by atoms with van der Waals surface area (Å²) in [5.41, 5.74) is 2.19. The van der Waals surface area contributed by atoms with Crippen molar-refractivity contribution in [3.05, 3.63) is 96.1 Å². The van der Waals surface area contributed by atoms with Gasteiger partial charge in [0.1, 0.15) is 0 Å². The highest BCUT2D eigenvalue weighted by Crippen LogP contribution is 2.36. The Kier molecular flexibility index (Phi) is 7.68. The summed E-state index contributed by atoms with van der Waals surface area (Å²) in [4.78, 5) is 1.45. The molecule has 4 nitrogen and oxygen atoms in total. The van der Waals surface area contributed by atoms with Gasteiger partial charge in [0.15, 0.2) is 0 Å². The summed E-state index contributed by atoms with van der Waals surface area (Å²) in [5, 5.41) is 0.0900. The number of nitrogens with one attached hydrogen (secondary N) is 1. The minimum atomic E-state index is -3.58. The lowest BCUT2D eigenvalue weighted by atomic mass is 9.93. The summed E-state index contributed by atoms with van der Waals surface area (Å²) in [7, 11) is -3.58. The van der Waals surface area contributed by atoms with E-state index in [1.54, 1.807) is 23.9 Å². The first kappa shape index (κ1) is 23.1. The molecule has 1 fully saturated rings. The maximum atomic E-state index is 13.1. The Bertz CT molecular complexity index is 1090. The van der Waals surface area contributed by atoms with Crippen LogP contribution < -0.4 is 4.72 Å². The second-order valence-corrected chi connectivity index (χ2v) is 11.3. The van der Waals surface area contributed by atoms with Gasteiger partial charge in [-0.2, -0.15) is 0 Å². The van der Waals surface area contributed by atoms with Gasteiger partial charge in [-0.25, -0.2) is 13.1 Å². The molecule has 168 valence electrons. The third kappa shape index (κ3) is 6.23. The Morgan fingerprint density at radius 1 is 0.906 bits per heavy atom. The normalized spacial score (nSPS) is 21.3. The van der Waals surface area contributed by atoms with Gasteiger partial charge in [-0.3, -0.25) is 0 Å². The van der Waals surface area contributed by atoms with Gasteiger partial charge in [0.05, 0.1) is 17.6 Å². The number of benzene rings is 3. The molecule has 0 aromatic heterocycles. The molecule has 0 amide bonds. The Balaban J connectivity index is 1.47. The minimum Gasteiger partial charge on any atom is -0.374 e. The monoisotopic (exact) mass is 467 g/mol. The van der Waals surface area contributed by atoms with Gasteiger partial charge in [-0.05, 0) is 56.0 Å². The van der Waals surface area contributed by atoms with E-state index in [0.717, 1.165) is 35.3 Å². The lowest BCUT2D eigenvalue weighted by Crippen LogP contribution is -2.46. The van der Waals surface area contributed by atoms with Gasteiger partial charge in [-0.1, -0.05) is 66.2 Å². The zero-order valence-electron chi connectivity index (χ0n) is 18.2. The number of thioether (sulfide) groups is 1. The van der Waals surface area contributed by atoms with Crippen LogP contribution in [-0.4, -0.2) is 25.8 Å². The quantitative estimate of drug-likeness (QED) is 0.470. The molecule has 6 heteroatoms. The van der Waals surface area contributed by atoms with Crippen LogP contribution in [0.3, 0.4) is 0 Å². The molecule has 0 spiro atoms. The average Bonchev–Trinajstić information content (AvgIpc) is 2.81. The first-order chi connectivity index (χ1) is 15.5. The molecule has 0 heterocycles. The van der Waals surface area contributed by atoms with E-state index in [-0.39, 0.29) is 17.4 Å². The van der Waals surface area contributed by atoms with Crippen molar-refractivity contribution in [3.8, 4) is 0 Å². The maximum Gasteiger partial charge on any atom is 0.240 e.